The van der Waals surface area contributed by atoms with Crippen LogP contribution in [0.3, 0.4) is 0 Å². The van der Waals surface area contributed by atoms with Crippen molar-refractivity contribution < 1.29 is 4.42 Å². The number of thiophene rings is 1. The Morgan fingerprint density at radius 3 is 3.05 bits per heavy atom. The summed E-state index contributed by atoms with van der Waals surface area (Å²) in [4.78, 5) is 11.1. The van der Waals surface area contributed by atoms with Gasteiger partial charge in [0.2, 0.25) is 5.95 Å². The van der Waals surface area contributed by atoms with E-state index in [1.165, 1.54) is 4.88 Å². The summed E-state index contributed by atoms with van der Waals surface area (Å²) < 4.78 is 5.35. The highest BCUT2D eigenvalue weighted by Crippen LogP contribution is 2.34. The molecule has 5 nitrogen and oxygen atoms in total. The molecule has 0 saturated heterocycles. The monoisotopic (exact) mass is 306 g/mol. The van der Waals surface area contributed by atoms with Crippen LogP contribution in [-0.2, 0) is 12.2 Å². The molecule has 0 bridgehead atoms. The first-order chi connectivity index (χ1) is 9.80. The van der Waals surface area contributed by atoms with Gasteiger partial charge >= 0.3 is 0 Å². The highest BCUT2D eigenvalue weighted by atomic mass is 32.2. The third-order valence-corrected chi connectivity index (χ3v) is 5.00. The molecule has 104 valence electrons. The molecular formula is C13H14N4OS2. The minimum Gasteiger partial charge on any atom is -0.468 e. The predicted octanol–water partition coefficient (Wildman–Crippen LogP) is 3.42. The van der Waals surface area contributed by atoms with Crippen LogP contribution in [0.25, 0.3) is 10.2 Å². The number of rotatable bonds is 5. The first kappa shape index (κ1) is 13.4. The summed E-state index contributed by atoms with van der Waals surface area (Å²) in [6.07, 6.45) is 2.67. The maximum Gasteiger partial charge on any atom is 0.239 e. The Hall–Kier alpha value is -1.57. The number of aryl methyl sites for hydroxylation is 1. The van der Waals surface area contributed by atoms with Crippen molar-refractivity contribution in [2.75, 3.05) is 5.43 Å². The van der Waals surface area contributed by atoms with Crippen LogP contribution in [0.15, 0.2) is 33.9 Å². The highest BCUT2D eigenvalue weighted by molar-refractivity contribution is 7.98. The zero-order valence-corrected chi connectivity index (χ0v) is 12.6. The zero-order valence-electron chi connectivity index (χ0n) is 10.9. The number of fused-ring (bicyclic) bond motifs is 1. The van der Waals surface area contributed by atoms with Crippen LogP contribution >= 0.6 is 23.1 Å². The lowest BCUT2D eigenvalue weighted by molar-refractivity contribution is 0.530. The average Bonchev–Trinajstić information content (AvgIpc) is 3.12. The normalized spacial score (nSPS) is 11.1. The van der Waals surface area contributed by atoms with Crippen LogP contribution in [0.1, 0.15) is 17.6 Å². The average molecular weight is 306 g/mol. The summed E-state index contributed by atoms with van der Waals surface area (Å²) in [7, 11) is 0. The molecule has 3 N–H and O–H groups in total. The lowest BCUT2D eigenvalue weighted by Crippen LogP contribution is -2.10. The van der Waals surface area contributed by atoms with Crippen molar-refractivity contribution in [2.45, 2.75) is 24.1 Å². The quantitative estimate of drug-likeness (QED) is 0.325. The molecular weight excluding hydrogens is 292 g/mol. The molecule has 3 aromatic heterocycles. The molecule has 0 spiro atoms. The fraction of sp³-hybridized carbons (Fsp3) is 0.231. The molecule has 0 unspecified atom stereocenters. The minimum absolute atomic E-state index is 0.448. The van der Waals surface area contributed by atoms with Gasteiger partial charge in [-0.1, -0.05) is 18.7 Å². The van der Waals surface area contributed by atoms with E-state index in [4.69, 9.17) is 10.3 Å². The topological polar surface area (TPSA) is 77.0 Å². The Balaban J connectivity index is 1.96. The van der Waals surface area contributed by atoms with E-state index in [9.17, 15) is 0 Å². The van der Waals surface area contributed by atoms with Crippen molar-refractivity contribution in [3.8, 4) is 0 Å². The summed E-state index contributed by atoms with van der Waals surface area (Å²) in [5, 5.41) is 2.01. The van der Waals surface area contributed by atoms with Gasteiger partial charge in [-0.25, -0.2) is 15.8 Å². The first-order valence-electron chi connectivity index (χ1n) is 6.22. The van der Waals surface area contributed by atoms with Gasteiger partial charge in [0, 0.05) is 10.3 Å². The molecule has 0 aliphatic rings. The fourth-order valence-corrected chi connectivity index (χ4v) is 3.77. The Labute approximate surface area is 124 Å². The van der Waals surface area contributed by atoms with Gasteiger partial charge in [-0.3, -0.25) is 5.43 Å². The van der Waals surface area contributed by atoms with Gasteiger partial charge in [0.15, 0.2) is 0 Å². The van der Waals surface area contributed by atoms with Crippen LogP contribution in [0.5, 0.6) is 0 Å². The van der Waals surface area contributed by atoms with Crippen molar-refractivity contribution in [1.29, 1.82) is 0 Å². The summed E-state index contributed by atoms with van der Waals surface area (Å²) in [6, 6.07) is 6.00. The lowest BCUT2D eigenvalue weighted by atomic mass is 10.3. The second-order valence-electron chi connectivity index (χ2n) is 4.15. The van der Waals surface area contributed by atoms with Gasteiger partial charge in [0.1, 0.15) is 15.6 Å². The molecule has 0 amide bonds. The zero-order chi connectivity index (χ0) is 13.9. The summed E-state index contributed by atoms with van der Waals surface area (Å²) in [5.41, 5.74) is 2.53. The third kappa shape index (κ3) is 2.65. The number of nitrogens with two attached hydrogens (primary N) is 1. The molecule has 0 fully saturated rings. The smallest absolute Gasteiger partial charge is 0.239 e. The Morgan fingerprint density at radius 2 is 2.35 bits per heavy atom. The predicted molar refractivity (Wildman–Crippen MR) is 82.9 cm³/mol. The van der Waals surface area contributed by atoms with Gasteiger partial charge in [-0.15, -0.1) is 11.3 Å². The van der Waals surface area contributed by atoms with Gasteiger partial charge in [0.25, 0.3) is 0 Å². The third-order valence-electron chi connectivity index (χ3n) is 2.82. The van der Waals surface area contributed by atoms with E-state index in [1.54, 1.807) is 29.4 Å². The number of furan rings is 1. The van der Waals surface area contributed by atoms with Gasteiger partial charge in [-0.05, 0) is 24.6 Å². The number of nitrogens with zero attached hydrogens (tertiary/aromatic N) is 2. The summed E-state index contributed by atoms with van der Waals surface area (Å²) in [6.45, 7) is 2.13. The number of anilines is 1. The summed E-state index contributed by atoms with van der Waals surface area (Å²) in [5.74, 6) is 7.55. The van der Waals surface area contributed by atoms with E-state index < -0.39 is 0 Å². The van der Waals surface area contributed by atoms with Gasteiger partial charge < -0.3 is 4.42 Å². The molecule has 3 rings (SSSR count). The number of aromatic nitrogens is 2. The molecule has 0 aliphatic carbocycles. The van der Waals surface area contributed by atoms with Gasteiger partial charge in [0.05, 0.1) is 12.0 Å². The standard InChI is InChI=1S/C13H14N4OS2/c1-2-9-6-10-11(19-7-8-4-3-5-18-8)15-13(17-14)16-12(10)20-9/h3-6H,2,7,14H2,1H3,(H,15,16,17). The van der Waals surface area contributed by atoms with E-state index in [-0.39, 0.29) is 0 Å². The number of hydrazine groups is 1. The maximum absolute atomic E-state index is 5.44. The number of thioether (sulfide) groups is 1. The molecule has 0 radical (unpaired) electrons. The van der Waals surface area contributed by atoms with Crippen molar-refractivity contribution in [3.05, 3.63) is 35.1 Å². The number of nitrogens with one attached hydrogen (secondary N) is 1. The van der Waals surface area contributed by atoms with E-state index in [1.807, 2.05) is 12.1 Å². The van der Waals surface area contributed by atoms with Crippen molar-refractivity contribution in [3.63, 3.8) is 0 Å². The lowest BCUT2D eigenvalue weighted by Gasteiger charge is -2.04. The van der Waals surface area contributed by atoms with Gasteiger partial charge in [-0.2, -0.15) is 0 Å². The second kappa shape index (κ2) is 5.82. The molecule has 20 heavy (non-hydrogen) atoms. The van der Waals surface area contributed by atoms with E-state index >= 15 is 0 Å². The highest BCUT2D eigenvalue weighted by Gasteiger charge is 2.12. The molecule has 3 aromatic rings. The Kier molecular flexibility index (Phi) is 3.90. The number of nitrogen functional groups attached to an aromatic ring is 1. The maximum atomic E-state index is 5.44. The largest absolute Gasteiger partial charge is 0.468 e. The van der Waals surface area contributed by atoms with Crippen LogP contribution in [-0.4, -0.2) is 9.97 Å². The molecule has 0 saturated carbocycles. The second-order valence-corrected chi connectivity index (χ2v) is 6.23. The summed E-state index contributed by atoms with van der Waals surface area (Å²) >= 11 is 3.31. The van der Waals surface area contributed by atoms with E-state index in [0.717, 1.165) is 33.2 Å². The minimum atomic E-state index is 0.448. The van der Waals surface area contributed by atoms with Crippen molar-refractivity contribution in [1.82, 2.24) is 9.97 Å². The number of hydrogen-bond donors (Lipinski definition) is 2. The van der Waals surface area contributed by atoms with Crippen LogP contribution in [0.4, 0.5) is 5.95 Å². The van der Waals surface area contributed by atoms with E-state index in [2.05, 4.69) is 28.4 Å². The Bertz CT molecular complexity index is 709. The fourth-order valence-electron chi connectivity index (χ4n) is 1.83. The SMILES string of the molecule is CCc1cc2c(SCc3ccco3)nc(NN)nc2s1. The molecule has 3 heterocycles. The van der Waals surface area contributed by atoms with E-state index in [0.29, 0.717) is 5.95 Å². The Morgan fingerprint density at radius 1 is 1.45 bits per heavy atom. The van der Waals surface area contributed by atoms with Crippen molar-refractivity contribution >= 4 is 39.3 Å². The number of hydrogen-bond acceptors (Lipinski definition) is 7. The van der Waals surface area contributed by atoms with Crippen LogP contribution in [0, 0.1) is 0 Å². The van der Waals surface area contributed by atoms with Crippen LogP contribution < -0.4 is 11.3 Å². The van der Waals surface area contributed by atoms with Crippen molar-refractivity contribution in [2.24, 2.45) is 5.84 Å². The molecule has 0 atom stereocenters. The molecule has 7 heteroatoms. The first-order valence-corrected chi connectivity index (χ1v) is 8.02. The molecule has 0 aromatic carbocycles. The molecule has 0 aliphatic heterocycles. The van der Waals surface area contributed by atoms with Crippen LogP contribution in [0.2, 0.25) is 0 Å².